The number of carbonyl (C=O) groups excluding carboxylic acids is 1. The second-order valence-corrected chi connectivity index (χ2v) is 4.40. The van der Waals surface area contributed by atoms with Gasteiger partial charge in [0.1, 0.15) is 12.4 Å². The van der Waals surface area contributed by atoms with Crippen LogP contribution in [0.25, 0.3) is 0 Å². The molecule has 2 aromatic rings. The minimum Gasteiger partial charge on any atom is -0.489 e. The van der Waals surface area contributed by atoms with Gasteiger partial charge in [-0.05, 0) is 23.8 Å². The molecule has 3 rings (SSSR count). The highest BCUT2D eigenvalue weighted by Gasteiger charge is 2.17. The summed E-state index contributed by atoms with van der Waals surface area (Å²) < 4.78 is 16.5. The molecule has 0 bridgehead atoms. The third kappa shape index (κ3) is 2.59. The lowest BCUT2D eigenvalue weighted by atomic mass is 10.1. The SMILES string of the molecule is O=[C]Cc1ccc(OCc2cccc3c2OCO3)cc1. The first-order valence-corrected chi connectivity index (χ1v) is 6.31. The fraction of sp³-hybridized carbons (Fsp3) is 0.188. The van der Waals surface area contributed by atoms with Gasteiger partial charge >= 0.3 is 0 Å². The summed E-state index contributed by atoms with van der Waals surface area (Å²) >= 11 is 0. The van der Waals surface area contributed by atoms with Crippen LogP contribution in [0.1, 0.15) is 11.1 Å². The quantitative estimate of drug-likeness (QED) is 0.837. The lowest BCUT2D eigenvalue weighted by Gasteiger charge is -2.08. The number of ether oxygens (including phenoxy) is 3. The largest absolute Gasteiger partial charge is 0.489 e. The number of rotatable bonds is 5. The smallest absolute Gasteiger partial charge is 0.231 e. The highest BCUT2D eigenvalue weighted by molar-refractivity contribution is 5.56. The minimum atomic E-state index is 0.253. The molecular formula is C16H13O4. The molecule has 4 nitrogen and oxygen atoms in total. The van der Waals surface area contributed by atoms with Gasteiger partial charge in [0, 0.05) is 12.0 Å². The molecule has 0 saturated carbocycles. The molecule has 0 aliphatic carbocycles. The van der Waals surface area contributed by atoms with Crippen molar-refractivity contribution in [3.63, 3.8) is 0 Å². The van der Waals surface area contributed by atoms with Gasteiger partial charge in [0.25, 0.3) is 0 Å². The fourth-order valence-corrected chi connectivity index (χ4v) is 2.05. The predicted molar refractivity (Wildman–Crippen MR) is 72.7 cm³/mol. The maximum atomic E-state index is 10.3. The van der Waals surface area contributed by atoms with Crippen LogP contribution >= 0.6 is 0 Å². The summed E-state index contributed by atoms with van der Waals surface area (Å²) in [4.78, 5) is 10.3. The summed E-state index contributed by atoms with van der Waals surface area (Å²) in [5, 5.41) is 0. The first kappa shape index (κ1) is 12.5. The first-order chi connectivity index (χ1) is 9.86. The number of para-hydroxylation sites is 1. The Labute approximate surface area is 116 Å². The van der Waals surface area contributed by atoms with Crippen molar-refractivity contribution in [2.24, 2.45) is 0 Å². The number of hydrogen-bond donors (Lipinski definition) is 0. The molecule has 0 fully saturated rings. The zero-order valence-corrected chi connectivity index (χ0v) is 10.8. The van der Waals surface area contributed by atoms with E-state index in [9.17, 15) is 4.79 Å². The second-order valence-electron chi connectivity index (χ2n) is 4.40. The van der Waals surface area contributed by atoms with E-state index in [0.29, 0.717) is 13.0 Å². The summed E-state index contributed by atoms with van der Waals surface area (Å²) in [6, 6.07) is 13.1. The van der Waals surface area contributed by atoms with Crippen LogP contribution < -0.4 is 14.2 Å². The summed E-state index contributed by atoms with van der Waals surface area (Å²) in [5.41, 5.74) is 1.87. The topological polar surface area (TPSA) is 44.8 Å². The van der Waals surface area contributed by atoms with Crippen molar-refractivity contribution in [1.29, 1.82) is 0 Å². The van der Waals surface area contributed by atoms with Gasteiger partial charge in [-0.15, -0.1) is 0 Å². The van der Waals surface area contributed by atoms with Gasteiger partial charge < -0.3 is 14.2 Å². The Bertz CT molecular complexity index is 604. The van der Waals surface area contributed by atoms with Crippen molar-refractivity contribution in [3.05, 3.63) is 53.6 Å². The molecule has 1 aliphatic heterocycles. The standard InChI is InChI=1S/C16H13O4/c17-9-8-12-4-6-14(7-5-12)18-10-13-2-1-3-15-16(13)20-11-19-15/h1-7H,8,10-11H2. The minimum absolute atomic E-state index is 0.253. The zero-order chi connectivity index (χ0) is 13.8. The molecule has 1 radical (unpaired) electrons. The van der Waals surface area contributed by atoms with Crippen LogP contribution in [-0.4, -0.2) is 13.1 Å². The van der Waals surface area contributed by atoms with E-state index in [1.54, 1.807) is 0 Å². The zero-order valence-electron chi connectivity index (χ0n) is 10.8. The maximum absolute atomic E-state index is 10.3. The molecule has 0 amide bonds. The maximum Gasteiger partial charge on any atom is 0.231 e. The van der Waals surface area contributed by atoms with Crippen LogP contribution in [-0.2, 0) is 17.8 Å². The Morgan fingerprint density at radius 1 is 1.10 bits per heavy atom. The van der Waals surface area contributed by atoms with E-state index in [1.165, 1.54) is 0 Å². The van der Waals surface area contributed by atoms with Gasteiger partial charge in [-0.1, -0.05) is 24.3 Å². The first-order valence-electron chi connectivity index (χ1n) is 6.31. The Hall–Kier alpha value is -2.49. The van der Waals surface area contributed by atoms with Crippen molar-refractivity contribution < 1.29 is 19.0 Å². The van der Waals surface area contributed by atoms with Gasteiger partial charge in [-0.2, -0.15) is 0 Å². The van der Waals surface area contributed by atoms with Gasteiger partial charge in [0.05, 0.1) is 0 Å². The van der Waals surface area contributed by atoms with Crippen LogP contribution in [0.5, 0.6) is 17.2 Å². The molecule has 1 heterocycles. The molecule has 0 aromatic heterocycles. The van der Waals surface area contributed by atoms with Gasteiger partial charge in [-0.25, -0.2) is 0 Å². The number of fused-ring (bicyclic) bond motifs is 1. The van der Waals surface area contributed by atoms with Gasteiger partial charge in [0.2, 0.25) is 13.1 Å². The Morgan fingerprint density at radius 3 is 2.75 bits per heavy atom. The fourth-order valence-electron chi connectivity index (χ4n) is 2.05. The van der Waals surface area contributed by atoms with E-state index in [0.717, 1.165) is 28.4 Å². The van der Waals surface area contributed by atoms with Crippen molar-refractivity contribution in [2.45, 2.75) is 13.0 Å². The van der Waals surface area contributed by atoms with Crippen molar-refractivity contribution in [2.75, 3.05) is 6.79 Å². The summed E-state index contributed by atoms with van der Waals surface area (Å²) in [6.45, 7) is 0.662. The monoisotopic (exact) mass is 269 g/mol. The van der Waals surface area contributed by atoms with E-state index in [4.69, 9.17) is 14.2 Å². The molecule has 2 aromatic carbocycles. The molecule has 0 N–H and O–H groups in total. The van der Waals surface area contributed by atoms with E-state index in [1.807, 2.05) is 48.8 Å². The van der Waals surface area contributed by atoms with E-state index >= 15 is 0 Å². The Balaban J connectivity index is 1.67. The molecule has 0 atom stereocenters. The van der Waals surface area contributed by atoms with Crippen LogP contribution in [0.15, 0.2) is 42.5 Å². The Kier molecular flexibility index (Phi) is 3.54. The molecular weight excluding hydrogens is 256 g/mol. The van der Waals surface area contributed by atoms with Crippen LogP contribution in [0.2, 0.25) is 0 Å². The van der Waals surface area contributed by atoms with Crippen molar-refractivity contribution in [3.8, 4) is 17.2 Å². The highest BCUT2D eigenvalue weighted by Crippen LogP contribution is 2.35. The third-order valence-electron chi connectivity index (χ3n) is 3.07. The van der Waals surface area contributed by atoms with Crippen molar-refractivity contribution in [1.82, 2.24) is 0 Å². The predicted octanol–water partition coefficient (Wildman–Crippen LogP) is 2.65. The van der Waals surface area contributed by atoms with Crippen molar-refractivity contribution >= 4 is 6.29 Å². The van der Waals surface area contributed by atoms with E-state index < -0.39 is 0 Å². The molecule has 0 saturated heterocycles. The van der Waals surface area contributed by atoms with E-state index in [2.05, 4.69) is 0 Å². The molecule has 0 unspecified atom stereocenters. The summed E-state index contributed by atoms with van der Waals surface area (Å²) in [7, 11) is 0. The lowest BCUT2D eigenvalue weighted by Crippen LogP contribution is -1.98. The third-order valence-corrected chi connectivity index (χ3v) is 3.07. The number of hydrogen-bond acceptors (Lipinski definition) is 4. The van der Waals surface area contributed by atoms with Crippen LogP contribution in [0, 0.1) is 0 Å². The molecule has 1 aliphatic rings. The second kappa shape index (κ2) is 5.65. The summed E-state index contributed by atoms with van der Waals surface area (Å²) in [6.07, 6.45) is 2.17. The molecule has 4 heteroatoms. The molecule has 101 valence electrons. The summed E-state index contributed by atoms with van der Waals surface area (Å²) in [5.74, 6) is 2.25. The Morgan fingerprint density at radius 2 is 1.95 bits per heavy atom. The molecule has 20 heavy (non-hydrogen) atoms. The lowest BCUT2D eigenvalue weighted by molar-refractivity contribution is 0.171. The molecule has 0 spiro atoms. The average molecular weight is 269 g/mol. The normalized spacial score (nSPS) is 12.2. The average Bonchev–Trinajstić information content (AvgIpc) is 2.96. The van der Waals surface area contributed by atoms with Gasteiger partial charge in [0.15, 0.2) is 11.5 Å². The highest BCUT2D eigenvalue weighted by atomic mass is 16.7. The van der Waals surface area contributed by atoms with Crippen LogP contribution in [0.3, 0.4) is 0 Å². The number of benzene rings is 2. The van der Waals surface area contributed by atoms with Crippen LogP contribution in [0.4, 0.5) is 0 Å². The van der Waals surface area contributed by atoms with E-state index in [-0.39, 0.29) is 6.79 Å². The van der Waals surface area contributed by atoms with Gasteiger partial charge in [-0.3, -0.25) is 4.79 Å².